The van der Waals surface area contributed by atoms with Crippen LogP contribution >= 0.6 is 0 Å². The molecule has 1 aromatic rings. The Bertz CT molecular complexity index is 195. The average Bonchev–Trinajstić information content (AvgIpc) is 2.14. The Morgan fingerprint density at radius 3 is 2.60 bits per heavy atom. The lowest BCUT2D eigenvalue weighted by atomic mass is 10.3. The summed E-state index contributed by atoms with van der Waals surface area (Å²) < 4.78 is 1.81. The number of hydrogen-bond acceptors (Lipinski definition) is 2. The molecular weight excluding hydrogens is 126 g/mol. The second kappa shape index (κ2) is 2.82. The Balaban J connectivity index is 2.77. The van der Waals surface area contributed by atoms with Gasteiger partial charge in [-0.05, 0) is 13.3 Å². The number of rotatable bonds is 2. The molecule has 0 aromatic carbocycles. The topological polar surface area (TPSA) is 30.7 Å². The first-order valence-corrected chi connectivity index (χ1v) is 3.60. The molecule has 0 aliphatic rings. The van der Waals surface area contributed by atoms with E-state index in [-0.39, 0.29) is 0 Å². The molecule has 0 unspecified atom stereocenters. The third-order valence-electron chi connectivity index (χ3n) is 1.50. The highest BCUT2D eigenvalue weighted by atomic mass is 15.3. The average molecular weight is 139 g/mol. The summed E-state index contributed by atoms with van der Waals surface area (Å²) in [5.41, 5.74) is 0. The van der Waals surface area contributed by atoms with Gasteiger partial charge in [-0.2, -0.15) is 5.10 Å². The Labute approximate surface area is 61.1 Å². The predicted octanol–water partition coefficient (Wildman–Crippen LogP) is 1.08. The first-order valence-electron chi connectivity index (χ1n) is 3.60. The molecule has 0 bridgehead atoms. The van der Waals surface area contributed by atoms with Crippen LogP contribution in [-0.2, 0) is 13.5 Å². The van der Waals surface area contributed by atoms with Gasteiger partial charge >= 0.3 is 0 Å². The van der Waals surface area contributed by atoms with Crippen molar-refractivity contribution in [2.45, 2.75) is 26.7 Å². The molecule has 3 heteroatoms. The van der Waals surface area contributed by atoms with Gasteiger partial charge in [0.15, 0.2) is 5.82 Å². The van der Waals surface area contributed by atoms with Crippen LogP contribution in [-0.4, -0.2) is 14.8 Å². The van der Waals surface area contributed by atoms with E-state index in [0.29, 0.717) is 0 Å². The van der Waals surface area contributed by atoms with E-state index in [1.165, 1.54) is 0 Å². The largest absolute Gasteiger partial charge is 0.253 e. The summed E-state index contributed by atoms with van der Waals surface area (Å²) in [5, 5.41) is 4.21. The third kappa shape index (κ3) is 1.35. The van der Waals surface area contributed by atoms with Crippen molar-refractivity contribution in [1.29, 1.82) is 0 Å². The quantitative estimate of drug-likeness (QED) is 0.613. The second-order valence-corrected chi connectivity index (χ2v) is 2.45. The zero-order chi connectivity index (χ0) is 7.56. The van der Waals surface area contributed by atoms with Crippen LogP contribution in [0.1, 0.15) is 25.0 Å². The highest BCUT2D eigenvalue weighted by Crippen LogP contribution is 1.96. The molecule has 0 aliphatic heterocycles. The van der Waals surface area contributed by atoms with E-state index in [1.807, 2.05) is 18.7 Å². The molecule has 0 N–H and O–H groups in total. The van der Waals surface area contributed by atoms with Crippen molar-refractivity contribution in [3.8, 4) is 0 Å². The van der Waals surface area contributed by atoms with E-state index in [9.17, 15) is 0 Å². The summed E-state index contributed by atoms with van der Waals surface area (Å²) >= 11 is 0. The molecule has 10 heavy (non-hydrogen) atoms. The standard InChI is InChI=1S/C7H13N3/c1-4-5-7-8-6(2)10(3)9-7/h4-5H2,1-3H3. The van der Waals surface area contributed by atoms with Gasteiger partial charge in [-0.25, -0.2) is 4.98 Å². The summed E-state index contributed by atoms with van der Waals surface area (Å²) in [7, 11) is 1.92. The second-order valence-electron chi connectivity index (χ2n) is 2.45. The van der Waals surface area contributed by atoms with Gasteiger partial charge in [-0.15, -0.1) is 0 Å². The molecule has 0 fully saturated rings. The van der Waals surface area contributed by atoms with Gasteiger partial charge in [0, 0.05) is 13.5 Å². The van der Waals surface area contributed by atoms with Crippen molar-refractivity contribution in [3.63, 3.8) is 0 Å². The molecule has 1 rings (SSSR count). The van der Waals surface area contributed by atoms with Crippen LogP contribution in [0.3, 0.4) is 0 Å². The van der Waals surface area contributed by atoms with E-state index in [1.54, 1.807) is 0 Å². The minimum Gasteiger partial charge on any atom is -0.253 e. The fraction of sp³-hybridized carbons (Fsp3) is 0.714. The molecule has 0 atom stereocenters. The number of hydrogen-bond donors (Lipinski definition) is 0. The molecule has 0 saturated heterocycles. The molecular formula is C7H13N3. The Hall–Kier alpha value is -0.860. The molecule has 1 aromatic heterocycles. The first-order chi connectivity index (χ1) is 4.74. The Kier molecular flexibility index (Phi) is 2.04. The normalized spacial score (nSPS) is 10.3. The van der Waals surface area contributed by atoms with Crippen molar-refractivity contribution in [2.24, 2.45) is 7.05 Å². The maximum atomic E-state index is 4.25. The fourth-order valence-corrected chi connectivity index (χ4v) is 0.857. The van der Waals surface area contributed by atoms with Crippen LogP contribution in [0.15, 0.2) is 0 Å². The Morgan fingerprint density at radius 2 is 2.20 bits per heavy atom. The zero-order valence-electron chi connectivity index (χ0n) is 6.76. The summed E-state index contributed by atoms with van der Waals surface area (Å²) in [5.74, 6) is 1.95. The number of aromatic nitrogens is 3. The number of nitrogens with zero attached hydrogens (tertiary/aromatic N) is 3. The Morgan fingerprint density at radius 1 is 1.50 bits per heavy atom. The first kappa shape index (κ1) is 7.25. The molecule has 0 saturated carbocycles. The van der Waals surface area contributed by atoms with Crippen LogP contribution in [0.4, 0.5) is 0 Å². The molecule has 1 heterocycles. The molecule has 3 nitrogen and oxygen atoms in total. The van der Waals surface area contributed by atoms with E-state index < -0.39 is 0 Å². The van der Waals surface area contributed by atoms with Gasteiger partial charge in [0.25, 0.3) is 0 Å². The lowest BCUT2D eigenvalue weighted by molar-refractivity contribution is 0.714. The van der Waals surface area contributed by atoms with Gasteiger partial charge in [0.1, 0.15) is 5.82 Å². The molecule has 0 aliphatic carbocycles. The van der Waals surface area contributed by atoms with Gasteiger partial charge in [-0.3, -0.25) is 4.68 Å². The molecule has 0 radical (unpaired) electrons. The van der Waals surface area contributed by atoms with E-state index >= 15 is 0 Å². The van der Waals surface area contributed by atoms with Crippen molar-refractivity contribution in [1.82, 2.24) is 14.8 Å². The van der Waals surface area contributed by atoms with Crippen LogP contribution in [0.25, 0.3) is 0 Å². The molecule has 0 amide bonds. The monoisotopic (exact) mass is 139 g/mol. The highest BCUT2D eigenvalue weighted by Gasteiger charge is 1.99. The SMILES string of the molecule is CCCc1nc(C)n(C)n1. The van der Waals surface area contributed by atoms with E-state index in [0.717, 1.165) is 24.5 Å². The van der Waals surface area contributed by atoms with Gasteiger partial charge in [-0.1, -0.05) is 6.92 Å². The fourth-order valence-electron chi connectivity index (χ4n) is 0.857. The highest BCUT2D eigenvalue weighted by molar-refractivity contribution is 4.89. The minimum atomic E-state index is 0.961. The van der Waals surface area contributed by atoms with E-state index in [4.69, 9.17) is 0 Å². The summed E-state index contributed by atoms with van der Waals surface area (Å²) in [4.78, 5) is 4.25. The minimum absolute atomic E-state index is 0.961. The van der Waals surface area contributed by atoms with Crippen molar-refractivity contribution in [3.05, 3.63) is 11.6 Å². The van der Waals surface area contributed by atoms with Crippen LogP contribution in [0.5, 0.6) is 0 Å². The summed E-state index contributed by atoms with van der Waals surface area (Å²) in [6, 6.07) is 0. The number of aryl methyl sites for hydroxylation is 3. The maximum absolute atomic E-state index is 4.25. The zero-order valence-corrected chi connectivity index (χ0v) is 6.76. The van der Waals surface area contributed by atoms with E-state index in [2.05, 4.69) is 17.0 Å². The predicted molar refractivity (Wildman–Crippen MR) is 39.7 cm³/mol. The maximum Gasteiger partial charge on any atom is 0.150 e. The van der Waals surface area contributed by atoms with Gasteiger partial charge in [0.05, 0.1) is 0 Å². The van der Waals surface area contributed by atoms with Crippen molar-refractivity contribution in [2.75, 3.05) is 0 Å². The molecule has 56 valence electrons. The summed E-state index contributed by atoms with van der Waals surface area (Å²) in [6.45, 7) is 4.10. The van der Waals surface area contributed by atoms with Crippen molar-refractivity contribution < 1.29 is 0 Å². The van der Waals surface area contributed by atoms with Crippen LogP contribution < -0.4 is 0 Å². The van der Waals surface area contributed by atoms with Crippen LogP contribution in [0, 0.1) is 6.92 Å². The lowest BCUT2D eigenvalue weighted by Gasteiger charge is -1.86. The van der Waals surface area contributed by atoms with Crippen molar-refractivity contribution >= 4 is 0 Å². The molecule has 0 spiro atoms. The third-order valence-corrected chi connectivity index (χ3v) is 1.50. The summed E-state index contributed by atoms with van der Waals surface area (Å²) in [6.07, 6.45) is 2.10. The smallest absolute Gasteiger partial charge is 0.150 e. The van der Waals surface area contributed by atoms with Crippen LogP contribution in [0.2, 0.25) is 0 Å². The van der Waals surface area contributed by atoms with Gasteiger partial charge in [0.2, 0.25) is 0 Å². The lowest BCUT2D eigenvalue weighted by Crippen LogP contribution is -1.93. The van der Waals surface area contributed by atoms with Gasteiger partial charge < -0.3 is 0 Å².